The van der Waals surface area contributed by atoms with Gasteiger partial charge in [0.25, 0.3) is 11.8 Å². The number of halogens is 4. The summed E-state index contributed by atoms with van der Waals surface area (Å²) < 4.78 is 76.5. The van der Waals surface area contributed by atoms with Crippen molar-refractivity contribution >= 4 is 39.1 Å². The Labute approximate surface area is 237 Å². The third-order valence-electron chi connectivity index (χ3n) is 6.18. The summed E-state index contributed by atoms with van der Waals surface area (Å²) in [6, 6.07) is 13.3. The van der Waals surface area contributed by atoms with Crippen molar-refractivity contribution in [2.75, 3.05) is 12.1 Å². The molecule has 1 aliphatic rings. The molecule has 0 fully saturated rings. The number of carbonyl (C=O) groups is 2. The summed E-state index contributed by atoms with van der Waals surface area (Å²) in [5.41, 5.74) is 4.29. The van der Waals surface area contributed by atoms with Crippen LogP contribution in [-0.4, -0.2) is 23.6 Å². The summed E-state index contributed by atoms with van der Waals surface area (Å²) in [5, 5.41) is 2.56. The molecule has 214 valence electrons. The zero-order valence-electron chi connectivity index (χ0n) is 21.1. The Morgan fingerprint density at radius 1 is 1.02 bits per heavy atom. The number of aromatic nitrogens is 1. The van der Waals surface area contributed by atoms with Gasteiger partial charge in [0.1, 0.15) is 39.3 Å². The number of ether oxygens (including phenoxy) is 3. The number of anilines is 1. The number of furan rings is 1. The number of benzene rings is 2. The van der Waals surface area contributed by atoms with Gasteiger partial charge in [-0.15, -0.1) is 11.3 Å². The molecule has 0 atom stereocenters. The van der Waals surface area contributed by atoms with Gasteiger partial charge in [0, 0.05) is 11.5 Å². The number of thiophene rings is 1. The largest absolute Gasteiger partial charge is 0.486 e. The van der Waals surface area contributed by atoms with Crippen LogP contribution < -0.4 is 25.3 Å². The third-order valence-corrected chi connectivity index (χ3v) is 7.28. The normalized spacial score (nSPS) is 12.5. The molecule has 0 saturated heterocycles. The summed E-state index contributed by atoms with van der Waals surface area (Å²) >= 11 is 0.587. The minimum absolute atomic E-state index is 0.0275. The first-order chi connectivity index (χ1) is 20.1. The van der Waals surface area contributed by atoms with Crippen LogP contribution in [0, 0.1) is 5.82 Å². The monoisotopic (exact) mass is 599 g/mol. The first-order valence-corrected chi connectivity index (χ1v) is 12.9. The van der Waals surface area contributed by atoms with Crippen molar-refractivity contribution in [1.29, 1.82) is 0 Å². The van der Waals surface area contributed by atoms with Crippen LogP contribution in [0.5, 0.6) is 17.2 Å². The van der Waals surface area contributed by atoms with Crippen molar-refractivity contribution in [3.05, 3.63) is 88.6 Å². The van der Waals surface area contributed by atoms with Gasteiger partial charge in [-0.05, 0) is 53.6 Å². The van der Waals surface area contributed by atoms with Crippen molar-refractivity contribution in [3.63, 3.8) is 0 Å². The fraction of sp³-hybridized carbons (Fsp3) is 0.107. The maximum Gasteiger partial charge on any atom is 0.433 e. The quantitative estimate of drug-likeness (QED) is 0.208. The minimum atomic E-state index is -4.82. The average molecular weight is 600 g/mol. The van der Waals surface area contributed by atoms with Crippen molar-refractivity contribution < 1.29 is 45.8 Å². The van der Waals surface area contributed by atoms with Crippen LogP contribution in [0.4, 0.5) is 23.2 Å². The standard InChI is InChI=1S/C28H17F4N3O6S/c29-14-3-1-13(2-4-14)17-10-21(28(30,31)32)34-27-22(17)23(24(42-27)25(33)36)35-26(37)19-8-6-16(41-19)11-38-15-5-7-18-20(9-15)40-12-39-18/h1-10H,11-12H2,(H2,33,36)(H,35,37). The molecular weight excluding hydrogens is 582 g/mol. The van der Waals surface area contributed by atoms with E-state index in [4.69, 9.17) is 24.4 Å². The molecule has 0 spiro atoms. The average Bonchev–Trinajstić information content (AvgIpc) is 3.70. The number of primary amides is 1. The number of fused-ring (bicyclic) bond motifs is 2. The van der Waals surface area contributed by atoms with E-state index < -0.39 is 29.5 Å². The van der Waals surface area contributed by atoms with E-state index in [-0.39, 0.29) is 56.8 Å². The number of alkyl halides is 3. The number of rotatable bonds is 7. The lowest BCUT2D eigenvalue weighted by Crippen LogP contribution is -2.16. The summed E-state index contributed by atoms with van der Waals surface area (Å²) in [6.07, 6.45) is -4.82. The first kappa shape index (κ1) is 27.1. The molecule has 0 unspecified atom stereocenters. The van der Waals surface area contributed by atoms with E-state index in [0.29, 0.717) is 28.6 Å². The second kappa shape index (κ2) is 10.4. The van der Waals surface area contributed by atoms with Crippen molar-refractivity contribution in [3.8, 4) is 28.4 Å². The van der Waals surface area contributed by atoms with E-state index in [0.717, 1.165) is 18.2 Å². The Bertz CT molecular complexity index is 1850. The van der Waals surface area contributed by atoms with Gasteiger partial charge in [-0.25, -0.2) is 9.37 Å². The van der Waals surface area contributed by atoms with Gasteiger partial charge in [0.2, 0.25) is 6.79 Å². The van der Waals surface area contributed by atoms with Gasteiger partial charge in [-0.3, -0.25) is 9.59 Å². The SMILES string of the molecule is NC(=O)c1sc2nc(C(F)(F)F)cc(-c3ccc(F)cc3)c2c1NC(=O)c1ccc(COc2ccc3c(c2)OCO3)o1. The molecule has 9 nitrogen and oxygen atoms in total. The summed E-state index contributed by atoms with van der Waals surface area (Å²) in [7, 11) is 0. The predicted molar refractivity (Wildman–Crippen MR) is 142 cm³/mol. The molecule has 2 amide bonds. The maximum atomic E-state index is 13.7. The van der Waals surface area contributed by atoms with Crippen LogP contribution >= 0.6 is 11.3 Å². The second-order valence-electron chi connectivity index (χ2n) is 8.93. The smallest absolute Gasteiger partial charge is 0.433 e. The third kappa shape index (κ3) is 5.19. The fourth-order valence-corrected chi connectivity index (χ4v) is 5.27. The molecular formula is C28H17F4N3O6S. The lowest BCUT2D eigenvalue weighted by molar-refractivity contribution is -0.140. The van der Waals surface area contributed by atoms with E-state index in [1.807, 2.05) is 0 Å². The number of nitrogens with two attached hydrogens (primary N) is 1. The molecule has 3 N–H and O–H groups in total. The summed E-state index contributed by atoms with van der Waals surface area (Å²) in [5.74, 6) is -0.714. The van der Waals surface area contributed by atoms with E-state index >= 15 is 0 Å². The van der Waals surface area contributed by atoms with Gasteiger partial charge in [-0.2, -0.15) is 13.2 Å². The first-order valence-electron chi connectivity index (χ1n) is 12.1. The fourth-order valence-electron chi connectivity index (χ4n) is 4.27. The van der Waals surface area contributed by atoms with Crippen LogP contribution in [0.25, 0.3) is 21.3 Å². The molecule has 1 aliphatic heterocycles. The highest BCUT2D eigenvalue weighted by Gasteiger charge is 2.35. The van der Waals surface area contributed by atoms with E-state index in [1.165, 1.54) is 24.3 Å². The summed E-state index contributed by atoms with van der Waals surface area (Å²) in [6.45, 7) is 0.0664. The number of nitrogens with zero attached hydrogens (tertiary/aromatic N) is 1. The highest BCUT2D eigenvalue weighted by molar-refractivity contribution is 7.21. The maximum absolute atomic E-state index is 13.7. The van der Waals surface area contributed by atoms with Gasteiger partial charge >= 0.3 is 6.18 Å². The zero-order valence-corrected chi connectivity index (χ0v) is 21.9. The molecule has 3 aromatic heterocycles. The lowest BCUT2D eigenvalue weighted by atomic mass is 10.0. The number of hydrogen-bond acceptors (Lipinski definition) is 8. The van der Waals surface area contributed by atoms with Gasteiger partial charge < -0.3 is 29.7 Å². The Morgan fingerprint density at radius 3 is 2.52 bits per heavy atom. The predicted octanol–water partition coefficient (Wildman–Crippen LogP) is 6.37. The molecule has 4 heterocycles. The number of pyridine rings is 1. The second-order valence-corrected chi connectivity index (χ2v) is 9.93. The van der Waals surface area contributed by atoms with Crippen molar-refractivity contribution in [1.82, 2.24) is 4.98 Å². The highest BCUT2D eigenvalue weighted by Crippen LogP contribution is 2.44. The molecule has 0 radical (unpaired) electrons. The Balaban J connectivity index is 1.32. The minimum Gasteiger partial charge on any atom is -0.486 e. The Hall–Kier alpha value is -5.11. The number of amides is 2. The summed E-state index contributed by atoms with van der Waals surface area (Å²) in [4.78, 5) is 28.7. The highest BCUT2D eigenvalue weighted by atomic mass is 32.1. The van der Waals surface area contributed by atoms with E-state index in [1.54, 1.807) is 18.2 Å². The van der Waals surface area contributed by atoms with Crippen molar-refractivity contribution in [2.45, 2.75) is 12.8 Å². The number of nitrogens with one attached hydrogen (secondary N) is 1. The van der Waals surface area contributed by atoms with Gasteiger partial charge in [0.15, 0.2) is 17.3 Å². The molecule has 0 saturated carbocycles. The molecule has 42 heavy (non-hydrogen) atoms. The lowest BCUT2D eigenvalue weighted by Gasteiger charge is -2.12. The van der Waals surface area contributed by atoms with Crippen LogP contribution in [0.15, 0.2) is 65.1 Å². The van der Waals surface area contributed by atoms with Gasteiger partial charge in [0.05, 0.1) is 5.69 Å². The van der Waals surface area contributed by atoms with E-state index in [2.05, 4.69) is 10.3 Å². The molecule has 0 aliphatic carbocycles. The molecule has 14 heteroatoms. The molecule has 0 bridgehead atoms. The van der Waals surface area contributed by atoms with Crippen LogP contribution in [-0.2, 0) is 12.8 Å². The van der Waals surface area contributed by atoms with Crippen molar-refractivity contribution in [2.24, 2.45) is 5.73 Å². The van der Waals surface area contributed by atoms with Crippen LogP contribution in [0.1, 0.15) is 31.7 Å². The topological polar surface area (TPSA) is 126 Å². The van der Waals surface area contributed by atoms with Crippen LogP contribution in [0.3, 0.4) is 0 Å². The van der Waals surface area contributed by atoms with E-state index in [9.17, 15) is 27.2 Å². The zero-order chi connectivity index (χ0) is 29.6. The molecule has 5 aromatic rings. The molecule has 6 rings (SSSR count). The number of hydrogen-bond donors (Lipinski definition) is 2. The number of carbonyl (C=O) groups excluding carboxylic acids is 2. The Kier molecular flexibility index (Phi) is 6.69. The molecule has 2 aromatic carbocycles. The Morgan fingerprint density at radius 2 is 1.79 bits per heavy atom. The van der Waals surface area contributed by atoms with Gasteiger partial charge in [-0.1, -0.05) is 12.1 Å². The van der Waals surface area contributed by atoms with Crippen LogP contribution in [0.2, 0.25) is 0 Å².